The lowest BCUT2D eigenvalue weighted by molar-refractivity contribution is 0.270. The molecule has 1 fully saturated rings. The monoisotopic (exact) mass is 213 g/mol. The number of hydrogen-bond acceptors (Lipinski definition) is 2. The molecule has 1 aliphatic rings. The van der Waals surface area contributed by atoms with Crippen molar-refractivity contribution in [3.63, 3.8) is 0 Å². The molecule has 1 aromatic rings. The molecule has 0 atom stereocenters. The summed E-state index contributed by atoms with van der Waals surface area (Å²) in [5.74, 6) is 2.24. The van der Waals surface area contributed by atoms with Crippen LogP contribution >= 0.6 is 11.6 Å². The summed E-state index contributed by atoms with van der Waals surface area (Å²) in [6, 6.07) is 0.530. The highest BCUT2D eigenvalue weighted by Gasteiger charge is 2.21. The molecule has 0 radical (unpaired) electrons. The number of aromatic nitrogens is 3. The lowest BCUT2D eigenvalue weighted by atomic mass is 9.87. The van der Waals surface area contributed by atoms with Gasteiger partial charge in [0.25, 0.3) is 0 Å². The number of nitrogens with zero attached hydrogens (tertiary/aromatic N) is 3. The molecule has 3 nitrogen and oxygen atoms in total. The Balaban J connectivity index is 2.08. The van der Waals surface area contributed by atoms with E-state index in [0.29, 0.717) is 11.9 Å². The number of rotatable bonds is 2. The van der Waals surface area contributed by atoms with Crippen molar-refractivity contribution in [1.82, 2.24) is 14.8 Å². The summed E-state index contributed by atoms with van der Waals surface area (Å²) in [4.78, 5) is 4.15. The van der Waals surface area contributed by atoms with Crippen LogP contribution in [-0.2, 0) is 5.88 Å². The molecular weight excluding hydrogens is 198 g/mol. The average molecular weight is 214 g/mol. The van der Waals surface area contributed by atoms with Crippen molar-refractivity contribution in [2.24, 2.45) is 5.92 Å². The summed E-state index contributed by atoms with van der Waals surface area (Å²) < 4.78 is 2.01. The van der Waals surface area contributed by atoms with Crippen LogP contribution in [0.25, 0.3) is 0 Å². The van der Waals surface area contributed by atoms with Crippen molar-refractivity contribution in [3.05, 3.63) is 12.2 Å². The molecule has 0 N–H and O–H groups in total. The molecule has 0 spiro atoms. The van der Waals surface area contributed by atoms with Crippen molar-refractivity contribution in [2.45, 2.75) is 44.5 Å². The third-order valence-electron chi connectivity index (χ3n) is 3.10. The second-order valence-electron chi connectivity index (χ2n) is 4.17. The van der Waals surface area contributed by atoms with E-state index in [1.165, 1.54) is 25.7 Å². The van der Waals surface area contributed by atoms with Gasteiger partial charge >= 0.3 is 0 Å². The van der Waals surface area contributed by atoms with E-state index in [0.717, 1.165) is 11.7 Å². The third kappa shape index (κ3) is 1.92. The smallest absolute Gasteiger partial charge is 0.142 e. The standard InChI is InChI=1S/C10H16ClN3/c1-8-2-4-9(5-3-8)14-10(6-11)12-7-13-14/h7-9H,2-6H2,1H3. The van der Waals surface area contributed by atoms with Gasteiger partial charge in [0.1, 0.15) is 12.2 Å². The fraction of sp³-hybridized carbons (Fsp3) is 0.800. The first-order chi connectivity index (χ1) is 6.81. The molecule has 78 valence electrons. The Kier molecular flexibility index (Phi) is 3.06. The van der Waals surface area contributed by atoms with Gasteiger partial charge in [-0.2, -0.15) is 5.10 Å². The Morgan fingerprint density at radius 1 is 1.43 bits per heavy atom. The number of alkyl halides is 1. The van der Waals surface area contributed by atoms with Crippen molar-refractivity contribution in [1.29, 1.82) is 0 Å². The van der Waals surface area contributed by atoms with Crippen molar-refractivity contribution < 1.29 is 0 Å². The summed E-state index contributed by atoms with van der Waals surface area (Å²) >= 11 is 5.80. The normalized spacial score (nSPS) is 27.9. The Morgan fingerprint density at radius 3 is 2.79 bits per heavy atom. The van der Waals surface area contributed by atoms with Gasteiger partial charge in [-0.25, -0.2) is 9.67 Å². The predicted octanol–water partition coefficient (Wildman–Crippen LogP) is 2.77. The van der Waals surface area contributed by atoms with E-state index in [2.05, 4.69) is 17.0 Å². The van der Waals surface area contributed by atoms with Crippen LogP contribution in [0.15, 0.2) is 6.33 Å². The molecule has 0 saturated heterocycles. The van der Waals surface area contributed by atoms with Crippen LogP contribution in [0.2, 0.25) is 0 Å². The highest BCUT2D eigenvalue weighted by Crippen LogP contribution is 2.31. The van der Waals surface area contributed by atoms with Crippen molar-refractivity contribution >= 4 is 11.6 Å². The molecular formula is C10H16ClN3. The minimum absolute atomic E-state index is 0.464. The molecule has 0 amide bonds. The maximum atomic E-state index is 5.80. The highest BCUT2D eigenvalue weighted by molar-refractivity contribution is 6.16. The van der Waals surface area contributed by atoms with Gasteiger partial charge in [-0.1, -0.05) is 6.92 Å². The number of hydrogen-bond donors (Lipinski definition) is 0. The van der Waals surface area contributed by atoms with E-state index in [9.17, 15) is 0 Å². The topological polar surface area (TPSA) is 30.7 Å². The van der Waals surface area contributed by atoms with Gasteiger partial charge in [-0.05, 0) is 31.6 Å². The van der Waals surface area contributed by atoms with Gasteiger partial charge < -0.3 is 0 Å². The molecule has 14 heavy (non-hydrogen) atoms. The molecule has 4 heteroatoms. The van der Waals surface area contributed by atoms with E-state index in [1.807, 2.05) is 4.68 Å². The van der Waals surface area contributed by atoms with Crippen LogP contribution in [0.3, 0.4) is 0 Å². The van der Waals surface area contributed by atoms with Crippen LogP contribution in [0.4, 0.5) is 0 Å². The maximum Gasteiger partial charge on any atom is 0.142 e. The lowest BCUT2D eigenvalue weighted by Gasteiger charge is -2.26. The van der Waals surface area contributed by atoms with Crippen molar-refractivity contribution in [3.8, 4) is 0 Å². The first-order valence-corrected chi connectivity index (χ1v) is 5.79. The lowest BCUT2D eigenvalue weighted by Crippen LogP contribution is -2.19. The minimum Gasteiger partial charge on any atom is -0.246 e. The van der Waals surface area contributed by atoms with Crippen LogP contribution < -0.4 is 0 Å². The first kappa shape index (κ1) is 9.97. The van der Waals surface area contributed by atoms with Crippen LogP contribution in [0, 0.1) is 5.92 Å². The molecule has 1 aromatic heterocycles. The molecule has 0 unspecified atom stereocenters. The molecule has 0 aliphatic heterocycles. The second-order valence-corrected chi connectivity index (χ2v) is 4.44. The quantitative estimate of drug-likeness (QED) is 0.708. The minimum atomic E-state index is 0.464. The van der Waals surface area contributed by atoms with E-state index < -0.39 is 0 Å². The zero-order chi connectivity index (χ0) is 9.97. The molecule has 1 saturated carbocycles. The van der Waals surface area contributed by atoms with Gasteiger partial charge in [-0.3, -0.25) is 0 Å². The first-order valence-electron chi connectivity index (χ1n) is 5.25. The summed E-state index contributed by atoms with van der Waals surface area (Å²) in [7, 11) is 0. The van der Waals surface area contributed by atoms with Crippen LogP contribution in [0.1, 0.15) is 44.5 Å². The van der Waals surface area contributed by atoms with Gasteiger partial charge in [-0.15, -0.1) is 11.6 Å². The Labute approximate surface area is 89.5 Å². The molecule has 1 aliphatic carbocycles. The Bertz CT molecular complexity index is 289. The Hall–Kier alpha value is -0.570. The number of halogens is 1. The molecule has 1 heterocycles. The summed E-state index contributed by atoms with van der Waals surface area (Å²) in [5, 5.41) is 4.26. The van der Waals surface area contributed by atoms with Gasteiger partial charge in [0.15, 0.2) is 0 Å². The average Bonchev–Trinajstić information content (AvgIpc) is 2.67. The second kappa shape index (κ2) is 4.30. The zero-order valence-electron chi connectivity index (χ0n) is 8.49. The van der Waals surface area contributed by atoms with Crippen LogP contribution in [-0.4, -0.2) is 14.8 Å². The summed E-state index contributed by atoms with van der Waals surface area (Å²) in [6.45, 7) is 2.32. The van der Waals surface area contributed by atoms with E-state index in [4.69, 9.17) is 11.6 Å². The molecule has 2 rings (SSSR count). The fourth-order valence-corrected chi connectivity index (χ4v) is 2.35. The SMILES string of the molecule is CC1CCC(n2ncnc2CCl)CC1. The van der Waals surface area contributed by atoms with E-state index >= 15 is 0 Å². The molecule has 0 aromatic carbocycles. The Morgan fingerprint density at radius 2 is 2.14 bits per heavy atom. The fourth-order valence-electron chi connectivity index (χ4n) is 2.16. The third-order valence-corrected chi connectivity index (χ3v) is 3.34. The maximum absolute atomic E-state index is 5.80. The van der Waals surface area contributed by atoms with Gasteiger partial charge in [0.2, 0.25) is 0 Å². The largest absolute Gasteiger partial charge is 0.246 e. The zero-order valence-corrected chi connectivity index (χ0v) is 9.24. The predicted molar refractivity (Wildman–Crippen MR) is 56.2 cm³/mol. The van der Waals surface area contributed by atoms with Crippen molar-refractivity contribution in [2.75, 3.05) is 0 Å². The highest BCUT2D eigenvalue weighted by atomic mass is 35.5. The van der Waals surface area contributed by atoms with Crippen LogP contribution in [0.5, 0.6) is 0 Å². The summed E-state index contributed by atoms with van der Waals surface area (Å²) in [5.41, 5.74) is 0. The van der Waals surface area contributed by atoms with Gasteiger partial charge in [0.05, 0.1) is 11.9 Å². The summed E-state index contributed by atoms with van der Waals surface area (Å²) in [6.07, 6.45) is 6.64. The van der Waals surface area contributed by atoms with Gasteiger partial charge in [0, 0.05) is 0 Å². The molecule has 0 bridgehead atoms. The van der Waals surface area contributed by atoms with E-state index in [1.54, 1.807) is 6.33 Å². The van der Waals surface area contributed by atoms with E-state index in [-0.39, 0.29) is 0 Å².